The lowest BCUT2D eigenvalue weighted by Gasteiger charge is -2.43. The van der Waals surface area contributed by atoms with Crippen molar-refractivity contribution < 1.29 is 8.42 Å². The van der Waals surface area contributed by atoms with E-state index in [1.165, 1.54) is 11.0 Å². The van der Waals surface area contributed by atoms with Crippen LogP contribution in [-0.4, -0.2) is 44.2 Å². The maximum atomic E-state index is 11.7. The molecule has 1 aromatic carbocycles. The second-order valence-corrected chi connectivity index (χ2v) is 7.79. The normalized spacial score (nSPS) is 32.3. The Bertz CT molecular complexity index is 612. The zero-order valence-electron chi connectivity index (χ0n) is 12.3. The molecule has 0 radical (unpaired) electrons. The number of hydrogen-bond donors (Lipinski definition) is 1. The molecule has 3 rings (SSSR count). The van der Waals surface area contributed by atoms with Crippen LogP contribution in [0.5, 0.6) is 0 Å². The summed E-state index contributed by atoms with van der Waals surface area (Å²) >= 11 is 0. The van der Waals surface area contributed by atoms with Crippen molar-refractivity contribution in [2.75, 3.05) is 18.8 Å². The van der Waals surface area contributed by atoms with Gasteiger partial charge in [-0.25, -0.2) is 8.42 Å². The van der Waals surface area contributed by atoms with Gasteiger partial charge in [0.15, 0.2) is 9.84 Å². The minimum atomic E-state index is -3.00. The van der Waals surface area contributed by atoms with Crippen molar-refractivity contribution in [2.45, 2.75) is 31.5 Å². The second kappa shape index (κ2) is 5.91. The fourth-order valence-electron chi connectivity index (χ4n) is 3.28. The maximum absolute atomic E-state index is 11.7. The molecule has 2 aliphatic heterocycles. The average Bonchev–Trinajstić information content (AvgIpc) is 2.87. The average molecular weight is 306 g/mol. The Hall–Kier alpha value is -1.17. The topological polar surface area (TPSA) is 49.4 Å². The van der Waals surface area contributed by atoms with Crippen LogP contribution in [0.25, 0.3) is 0 Å². The predicted molar refractivity (Wildman–Crippen MR) is 84.7 cm³/mol. The summed E-state index contributed by atoms with van der Waals surface area (Å²) in [5, 5.41) is 4.97. The maximum Gasteiger partial charge on any atom is 0.173 e. The molecular weight excluding hydrogens is 284 g/mol. The van der Waals surface area contributed by atoms with Crippen molar-refractivity contribution in [3.05, 3.63) is 47.4 Å². The Morgan fingerprint density at radius 3 is 2.67 bits per heavy atom. The van der Waals surface area contributed by atoms with E-state index in [-0.39, 0.29) is 17.8 Å². The number of benzene rings is 1. The van der Waals surface area contributed by atoms with Gasteiger partial charge < -0.3 is 5.32 Å². The number of hydrogen-bond acceptors (Lipinski definition) is 4. The van der Waals surface area contributed by atoms with Gasteiger partial charge in [-0.3, -0.25) is 4.90 Å². The molecule has 1 N–H and O–H groups in total. The van der Waals surface area contributed by atoms with Gasteiger partial charge in [0.1, 0.15) is 0 Å². The summed E-state index contributed by atoms with van der Waals surface area (Å²) in [4.78, 5) is 2.36. The summed E-state index contributed by atoms with van der Waals surface area (Å²) in [6.07, 6.45) is 2.88. The molecule has 1 fully saturated rings. The highest BCUT2D eigenvalue weighted by Gasteiger charge is 2.35. The summed E-state index contributed by atoms with van der Waals surface area (Å²) in [6.45, 7) is 3.92. The zero-order valence-corrected chi connectivity index (χ0v) is 13.1. The van der Waals surface area contributed by atoms with E-state index in [9.17, 15) is 8.42 Å². The molecule has 114 valence electrons. The minimum absolute atomic E-state index is 0.0215. The molecule has 3 atom stereocenters. The molecule has 4 nitrogen and oxygen atoms in total. The monoisotopic (exact) mass is 306 g/mol. The fourth-order valence-corrected chi connectivity index (χ4v) is 4.59. The molecule has 0 aromatic heterocycles. The Morgan fingerprint density at radius 1 is 1.29 bits per heavy atom. The van der Waals surface area contributed by atoms with Crippen LogP contribution >= 0.6 is 0 Å². The van der Waals surface area contributed by atoms with Crippen molar-refractivity contribution >= 4 is 9.84 Å². The van der Waals surface area contributed by atoms with Crippen LogP contribution in [0.2, 0.25) is 0 Å². The van der Waals surface area contributed by atoms with E-state index < -0.39 is 9.84 Å². The Morgan fingerprint density at radius 2 is 2.05 bits per heavy atom. The van der Waals surface area contributed by atoms with Crippen molar-refractivity contribution in [3.63, 3.8) is 0 Å². The van der Waals surface area contributed by atoms with Crippen molar-refractivity contribution in [3.8, 4) is 0 Å². The second-order valence-electron chi connectivity index (χ2n) is 5.86. The van der Waals surface area contributed by atoms with Gasteiger partial charge >= 0.3 is 0 Å². The highest BCUT2D eigenvalue weighted by Crippen LogP contribution is 2.26. The van der Waals surface area contributed by atoms with E-state index in [1.807, 2.05) is 24.3 Å². The molecule has 3 unspecified atom stereocenters. The van der Waals surface area contributed by atoms with Gasteiger partial charge in [0.2, 0.25) is 0 Å². The molecule has 0 bridgehead atoms. The highest BCUT2D eigenvalue weighted by atomic mass is 32.2. The summed E-state index contributed by atoms with van der Waals surface area (Å²) < 4.78 is 23.4. The first-order valence-corrected chi connectivity index (χ1v) is 9.25. The number of piperazine rings is 1. The Balaban J connectivity index is 1.78. The number of nitrogens with one attached hydrogen (secondary N) is 1. The van der Waals surface area contributed by atoms with E-state index in [0.717, 1.165) is 19.5 Å². The smallest absolute Gasteiger partial charge is 0.173 e. The molecule has 0 saturated carbocycles. The first kappa shape index (κ1) is 14.8. The first-order chi connectivity index (χ1) is 10.1. The number of nitrogens with zero attached hydrogens (tertiary/aromatic N) is 1. The largest absolute Gasteiger partial charge is 0.307 e. The van der Waals surface area contributed by atoms with Crippen LogP contribution in [-0.2, 0) is 9.84 Å². The van der Waals surface area contributed by atoms with Gasteiger partial charge in [0, 0.05) is 36.6 Å². The third-order valence-corrected chi connectivity index (χ3v) is 5.85. The zero-order chi connectivity index (χ0) is 14.9. The third kappa shape index (κ3) is 3.20. The van der Waals surface area contributed by atoms with Crippen molar-refractivity contribution in [2.24, 2.45) is 0 Å². The molecule has 0 aliphatic carbocycles. The van der Waals surface area contributed by atoms with Gasteiger partial charge in [-0.2, -0.15) is 0 Å². The SMILES string of the molecule is CCC1CNC(c2ccccc2)CN1C1C=CS(=O)(=O)C1. The lowest BCUT2D eigenvalue weighted by Crippen LogP contribution is -2.56. The molecule has 21 heavy (non-hydrogen) atoms. The van der Waals surface area contributed by atoms with Gasteiger partial charge in [-0.05, 0) is 12.0 Å². The summed E-state index contributed by atoms with van der Waals surface area (Å²) in [5.41, 5.74) is 1.27. The molecule has 1 saturated heterocycles. The molecule has 0 spiro atoms. The van der Waals surface area contributed by atoms with E-state index >= 15 is 0 Å². The van der Waals surface area contributed by atoms with E-state index in [1.54, 1.807) is 0 Å². The van der Waals surface area contributed by atoms with Gasteiger partial charge in [0.25, 0.3) is 0 Å². The standard InChI is InChI=1S/C16H22N2O2S/c1-2-14-10-17-16(13-6-4-3-5-7-13)11-18(14)15-8-9-21(19,20)12-15/h3-9,14-17H,2,10-12H2,1H3. The molecule has 2 aliphatic rings. The Kier molecular flexibility index (Phi) is 4.15. The predicted octanol–water partition coefficient (Wildman–Crippen LogP) is 1.72. The van der Waals surface area contributed by atoms with Crippen LogP contribution in [0.15, 0.2) is 41.8 Å². The Labute approximate surface area is 126 Å². The summed E-state index contributed by atoms with van der Waals surface area (Å²) in [7, 11) is -3.00. The minimum Gasteiger partial charge on any atom is -0.307 e. The quantitative estimate of drug-likeness (QED) is 0.924. The van der Waals surface area contributed by atoms with Crippen LogP contribution < -0.4 is 5.32 Å². The van der Waals surface area contributed by atoms with Crippen LogP contribution in [0, 0.1) is 0 Å². The van der Waals surface area contributed by atoms with Crippen LogP contribution in [0.3, 0.4) is 0 Å². The van der Waals surface area contributed by atoms with Crippen molar-refractivity contribution in [1.82, 2.24) is 10.2 Å². The summed E-state index contributed by atoms with van der Waals surface area (Å²) in [6, 6.07) is 11.1. The lowest BCUT2D eigenvalue weighted by molar-refractivity contribution is 0.107. The van der Waals surface area contributed by atoms with Gasteiger partial charge in [0.05, 0.1) is 5.75 Å². The first-order valence-electron chi connectivity index (χ1n) is 7.54. The molecule has 0 amide bonds. The van der Waals surface area contributed by atoms with Gasteiger partial charge in [-0.15, -0.1) is 0 Å². The van der Waals surface area contributed by atoms with Crippen LogP contribution in [0.4, 0.5) is 0 Å². The molecular formula is C16H22N2O2S. The number of rotatable bonds is 3. The highest BCUT2D eigenvalue weighted by molar-refractivity contribution is 7.94. The van der Waals surface area contributed by atoms with E-state index in [4.69, 9.17) is 0 Å². The van der Waals surface area contributed by atoms with Crippen LogP contribution in [0.1, 0.15) is 24.9 Å². The number of sulfone groups is 1. The van der Waals surface area contributed by atoms with E-state index in [0.29, 0.717) is 6.04 Å². The summed E-state index contributed by atoms with van der Waals surface area (Å²) in [5.74, 6) is 0.227. The fraction of sp³-hybridized carbons (Fsp3) is 0.500. The molecule has 1 aromatic rings. The van der Waals surface area contributed by atoms with Gasteiger partial charge in [-0.1, -0.05) is 43.3 Å². The molecule has 2 heterocycles. The van der Waals surface area contributed by atoms with E-state index in [2.05, 4.69) is 29.3 Å². The van der Waals surface area contributed by atoms with Crippen molar-refractivity contribution in [1.29, 1.82) is 0 Å². The molecule has 5 heteroatoms. The third-order valence-electron chi connectivity index (χ3n) is 4.47. The lowest BCUT2D eigenvalue weighted by atomic mass is 9.99.